The molecule has 0 saturated heterocycles. The lowest BCUT2D eigenvalue weighted by Gasteiger charge is -2.08. The van der Waals surface area contributed by atoms with Gasteiger partial charge in [0.05, 0.1) is 16.2 Å². The fourth-order valence-electron chi connectivity index (χ4n) is 1.85. The molecule has 0 heterocycles. The van der Waals surface area contributed by atoms with Gasteiger partial charge in [-0.25, -0.2) is 13.2 Å². The van der Waals surface area contributed by atoms with Crippen LogP contribution in [-0.4, -0.2) is 19.5 Å². The third-order valence-corrected chi connectivity index (χ3v) is 4.87. The second kappa shape index (κ2) is 6.05. The Kier molecular flexibility index (Phi) is 4.56. The van der Waals surface area contributed by atoms with Crippen LogP contribution in [-0.2, 0) is 15.6 Å². The van der Waals surface area contributed by atoms with Crippen molar-refractivity contribution < 1.29 is 18.3 Å². The number of benzene rings is 2. The summed E-state index contributed by atoms with van der Waals surface area (Å²) in [5.41, 5.74) is 0.162. The molecule has 1 N–H and O–H groups in total. The van der Waals surface area contributed by atoms with Crippen molar-refractivity contribution in [3.63, 3.8) is 0 Å². The fourth-order valence-corrected chi connectivity index (χ4v) is 3.95. The highest BCUT2D eigenvalue weighted by molar-refractivity contribution is 7.90. The maximum atomic E-state index is 12.4. The third kappa shape index (κ3) is 3.75. The third-order valence-electron chi connectivity index (χ3n) is 2.79. The quantitative estimate of drug-likeness (QED) is 0.918. The molecule has 2 aromatic rings. The van der Waals surface area contributed by atoms with Crippen molar-refractivity contribution in [1.82, 2.24) is 0 Å². The van der Waals surface area contributed by atoms with Crippen molar-refractivity contribution in [2.45, 2.75) is 10.6 Å². The molecule has 0 amide bonds. The Morgan fingerprint density at radius 3 is 2.19 bits per heavy atom. The van der Waals surface area contributed by atoms with Gasteiger partial charge in [-0.15, -0.1) is 0 Å². The zero-order valence-electron chi connectivity index (χ0n) is 10.6. The van der Waals surface area contributed by atoms with E-state index in [9.17, 15) is 13.2 Å². The molecule has 0 bridgehead atoms. The Morgan fingerprint density at radius 1 is 1.05 bits per heavy atom. The summed E-state index contributed by atoms with van der Waals surface area (Å²) in [6.45, 7) is 0. The van der Waals surface area contributed by atoms with Gasteiger partial charge < -0.3 is 5.11 Å². The number of carboxylic acid groups (broad SMARTS) is 1. The number of rotatable bonds is 4. The van der Waals surface area contributed by atoms with E-state index in [4.69, 9.17) is 28.3 Å². The highest BCUT2D eigenvalue weighted by Gasteiger charge is 2.20. The molecule has 0 fully saturated rings. The number of aromatic carboxylic acids is 1. The van der Waals surface area contributed by atoms with E-state index in [1.165, 1.54) is 36.4 Å². The van der Waals surface area contributed by atoms with Gasteiger partial charge in [0.2, 0.25) is 0 Å². The van der Waals surface area contributed by atoms with Gasteiger partial charge in [-0.1, -0.05) is 41.4 Å². The zero-order valence-corrected chi connectivity index (χ0v) is 12.9. The van der Waals surface area contributed by atoms with Crippen molar-refractivity contribution in [3.05, 3.63) is 63.6 Å². The first-order valence-corrected chi connectivity index (χ1v) is 8.20. The standard InChI is InChI=1S/C14H10Cl2O4S/c15-10-5-11(16)7-12(6-10)21(19,20)8-9-3-1-2-4-13(9)14(17)18/h1-7H,8H2,(H,17,18). The van der Waals surface area contributed by atoms with E-state index in [0.29, 0.717) is 0 Å². The molecule has 0 spiro atoms. The molecule has 0 aromatic heterocycles. The van der Waals surface area contributed by atoms with Crippen LogP contribution in [0.4, 0.5) is 0 Å². The maximum absolute atomic E-state index is 12.4. The van der Waals surface area contributed by atoms with Crippen LogP contribution >= 0.6 is 23.2 Å². The second-order valence-electron chi connectivity index (χ2n) is 4.33. The van der Waals surface area contributed by atoms with Crippen LogP contribution in [0.3, 0.4) is 0 Å². The molecule has 7 heteroatoms. The molecule has 21 heavy (non-hydrogen) atoms. The largest absolute Gasteiger partial charge is 0.478 e. The van der Waals surface area contributed by atoms with Crippen LogP contribution in [0.5, 0.6) is 0 Å². The molecule has 0 saturated carbocycles. The first kappa shape index (κ1) is 15.8. The average molecular weight is 345 g/mol. The van der Waals surface area contributed by atoms with Crippen LogP contribution in [0, 0.1) is 0 Å². The molecule has 2 rings (SSSR count). The Morgan fingerprint density at radius 2 is 1.62 bits per heavy atom. The van der Waals surface area contributed by atoms with Crippen molar-refractivity contribution in [2.75, 3.05) is 0 Å². The van der Waals surface area contributed by atoms with E-state index in [2.05, 4.69) is 0 Å². The van der Waals surface area contributed by atoms with Gasteiger partial charge in [0.1, 0.15) is 0 Å². The van der Waals surface area contributed by atoms with Crippen LogP contribution in [0.15, 0.2) is 47.4 Å². The van der Waals surface area contributed by atoms with Gasteiger partial charge in [0.15, 0.2) is 9.84 Å². The summed E-state index contributed by atoms with van der Waals surface area (Å²) >= 11 is 11.6. The molecule has 0 radical (unpaired) electrons. The molecule has 0 unspecified atom stereocenters. The normalized spacial score (nSPS) is 11.3. The lowest BCUT2D eigenvalue weighted by molar-refractivity contribution is 0.0696. The number of hydrogen-bond donors (Lipinski definition) is 1. The van der Waals surface area contributed by atoms with Crippen LogP contribution in [0.2, 0.25) is 10.0 Å². The minimum Gasteiger partial charge on any atom is -0.478 e. The SMILES string of the molecule is O=C(O)c1ccccc1CS(=O)(=O)c1cc(Cl)cc(Cl)c1. The summed E-state index contributed by atoms with van der Waals surface area (Å²) in [6, 6.07) is 9.94. The number of carbonyl (C=O) groups is 1. The lowest BCUT2D eigenvalue weighted by Crippen LogP contribution is -2.09. The minimum atomic E-state index is -3.75. The van der Waals surface area contributed by atoms with Crippen LogP contribution in [0.1, 0.15) is 15.9 Å². The summed E-state index contributed by atoms with van der Waals surface area (Å²) < 4.78 is 24.7. The van der Waals surface area contributed by atoms with Crippen molar-refractivity contribution in [1.29, 1.82) is 0 Å². The van der Waals surface area contributed by atoms with Gasteiger partial charge >= 0.3 is 5.97 Å². The number of sulfone groups is 1. The van der Waals surface area contributed by atoms with Gasteiger partial charge in [-0.3, -0.25) is 0 Å². The smallest absolute Gasteiger partial charge is 0.335 e. The van der Waals surface area contributed by atoms with Crippen LogP contribution in [0.25, 0.3) is 0 Å². The van der Waals surface area contributed by atoms with Crippen molar-refractivity contribution in [2.24, 2.45) is 0 Å². The van der Waals surface area contributed by atoms with E-state index < -0.39 is 21.6 Å². The second-order valence-corrected chi connectivity index (χ2v) is 7.19. The fraction of sp³-hybridized carbons (Fsp3) is 0.0714. The summed E-state index contributed by atoms with van der Waals surface area (Å²) in [5, 5.41) is 9.49. The number of halogens is 2. The Hall–Kier alpha value is -1.56. The topological polar surface area (TPSA) is 71.4 Å². The number of hydrogen-bond acceptors (Lipinski definition) is 3. The Labute approximate surface area is 131 Å². The van der Waals surface area contributed by atoms with Crippen molar-refractivity contribution >= 4 is 39.0 Å². The number of carboxylic acids is 1. The molecule has 4 nitrogen and oxygen atoms in total. The van der Waals surface area contributed by atoms with E-state index in [0.717, 1.165) is 0 Å². The lowest BCUT2D eigenvalue weighted by atomic mass is 10.1. The Balaban J connectivity index is 2.45. The van der Waals surface area contributed by atoms with E-state index in [1.54, 1.807) is 6.07 Å². The summed E-state index contributed by atoms with van der Waals surface area (Å²) in [6.07, 6.45) is 0. The Bertz CT molecular complexity index is 780. The van der Waals surface area contributed by atoms with Gasteiger partial charge in [-0.2, -0.15) is 0 Å². The predicted molar refractivity (Wildman–Crippen MR) is 80.8 cm³/mol. The first-order chi connectivity index (χ1) is 9.79. The molecule has 0 aliphatic carbocycles. The average Bonchev–Trinajstić information content (AvgIpc) is 2.37. The first-order valence-electron chi connectivity index (χ1n) is 5.79. The molecule has 0 aliphatic rings. The highest BCUT2D eigenvalue weighted by atomic mass is 35.5. The van der Waals surface area contributed by atoms with Gasteiger partial charge in [0, 0.05) is 10.0 Å². The van der Waals surface area contributed by atoms with E-state index >= 15 is 0 Å². The maximum Gasteiger partial charge on any atom is 0.335 e. The highest BCUT2D eigenvalue weighted by Crippen LogP contribution is 2.25. The molecule has 2 aromatic carbocycles. The van der Waals surface area contributed by atoms with Gasteiger partial charge in [0.25, 0.3) is 0 Å². The molecular formula is C14H10Cl2O4S. The van der Waals surface area contributed by atoms with E-state index in [1.807, 2.05) is 0 Å². The minimum absolute atomic E-state index is 0.0415. The molecule has 110 valence electrons. The zero-order chi connectivity index (χ0) is 15.6. The van der Waals surface area contributed by atoms with Crippen molar-refractivity contribution in [3.8, 4) is 0 Å². The summed E-state index contributed by atoms with van der Waals surface area (Å²) in [4.78, 5) is 11.1. The summed E-state index contributed by atoms with van der Waals surface area (Å²) in [5.74, 6) is -1.61. The summed E-state index contributed by atoms with van der Waals surface area (Å²) in [7, 11) is -3.75. The van der Waals surface area contributed by atoms with Gasteiger partial charge in [-0.05, 0) is 29.8 Å². The molecule has 0 aliphatic heterocycles. The molecular weight excluding hydrogens is 335 g/mol. The molecule has 0 atom stereocenters. The van der Waals surface area contributed by atoms with Crippen LogP contribution < -0.4 is 0 Å². The predicted octanol–water partition coefficient (Wildman–Crippen LogP) is 3.67. The monoisotopic (exact) mass is 344 g/mol. The van der Waals surface area contributed by atoms with E-state index in [-0.39, 0.29) is 26.1 Å².